The molecule has 0 fully saturated rings. The molecule has 6 nitrogen and oxygen atoms in total. The second-order valence-corrected chi connectivity index (χ2v) is 4.81. The third kappa shape index (κ3) is 4.06. The molecule has 0 heterocycles. The summed E-state index contributed by atoms with van der Waals surface area (Å²) in [5.74, 6) is 0.297. The van der Waals surface area contributed by atoms with Gasteiger partial charge >= 0.3 is 5.97 Å². The number of hydrogen-bond donors (Lipinski definition) is 0. The molecule has 0 atom stereocenters. The lowest BCUT2D eigenvalue weighted by molar-refractivity contribution is -0.384. The quantitative estimate of drug-likeness (QED) is 0.464. The van der Waals surface area contributed by atoms with Crippen LogP contribution >= 0.6 is 0 Å². The molecule has 0 saturated carbocycles. The van der Waals surface area contributed by atoms with Crippen LogP contribution in [0.1, 0.15) is 12.5 Å². The van der Waals surface area contributed by atoms with E-state index in [1.54, 1.807) is 32.2 Å². The molecule has 0 aromatic heterocycles. The van der Waals surface area contributed by atoms with Crippen LogP contribution in [0.2, 0.25) is 0 Å². The summed E-state index contributed by atoms with van der Waals surface area (Å²) in [5, 5.41) is 11.0. The highest BCUT2D eigenvalue weighted by Gasteiger charge is 2.15. The normalized spacial score (nSPS) is 10.2. The maximum absolute atomic E-state index is 11.8. The number of ether oxygens (including phenoxy) is 2. The van der Waals surface area contributed by atoms with Crippen molar-refractivity contribution in [2.45, 2.75) is 13.3 Å². The Morgan fingerprint density at radius 2 is 1.87 bits per heavy atom. The first-order chi connectivity index (χ1) is 11.0. The molecular formula is C17H17NO5. The highest BCUT2D eigenvalue weighted by atomic mass is 16.6. The predicted octanol–water partition coefficient (Wildman–Crippen LogP) is 3.38. The van der Waals surface area contributed by atoms with E-state index in [4.69, 9.17) is 9.47 Å². The number of rotatable bonds is 6. The molecule has 120 valence electrons. The van der Waals surface area contributed by atoms with Gasteiger partial charge in [0.15, 0.2) is 0 Å². The van der Waals surface area contributed by atoms with Gasteiger partial charge in [0, 0.05) is 12.1 Å². The van der Waals surface area contributed by atoms with Crippen molar-refractivity contribution in [3.8, 4) is 16.9 Å². The second-order valence-electron chi connectivity index (χ2n) is 4.81. The minimum absolute atomic E-state index is 0.0170. The third-order valence-corrected chi connectivity index (χ3v) is 3.34. The number of esters is 1. The lowest BCUT2D eigenvalue weighted by Gasteiger charge is -2.10. The molecule has 0 radical (unpaired) electrons. The fraction of sp³-hybridized carbons (Fsp3) is 0.235. The summed E-state index contributed by atoms with van der Waals surface area (Å²) < 4.78 is 10.1. The molecule has 0 aliphatic carbocycles. The van der Waals surface area contributed by atoms with E-state index >= 15 is 0 Å². The molecule has 2 aromatic rings. The summed E-state index contributed by atoms with van der Waals surface area (Å²) in [6, 6.07) is 11.8. The molecule has 0 spiro atoms. The van der Waals surface area contributed by atoms with Crippen LogP contribution in [-0.2, 0) is 16.0 Å². The molecule has 0 unspecified atom stereocenters. The zero-order valence-electron chi connectivity index (χ0n) is 12.9. The van der Waals surface area contributed by atoms with Crippen LogP contribution in [0, 0.1) is 10.1 Å². The van der Waals surface area contributed by atoms with E-state index in [2.05, 4.69) is 0 Å². The molecule has 0 aliphatic rings. The SMILES string of the molecule is CCOC(=O)Cc1cc([N+](=O)[O-])ccc1-c1ccc(OC)cc1. The summed E-state index contributed by atoms with van der Waals surface area (Å²) >= 11 is 0. The van der Waals surface area contributed by atoms with E-state index in [0.717, 1.165) is 11.1 Å². The van der Waals surface area contributed by atoms with Gasteiger partial charge in [-0.15, -0.1) is 0 Å². The summed E-state index contributed by atoms with van der Waals surface area (Å²) in [6.45, 7) is 1.99. The van der Waals surface area contributed by atoms with Gasteiger partial charge in [0.1, 0.15) is 5.75 Å². The third-order valence-electron chi connectivity index (χ3n) is 3.34. The maximum Gasteiger partial charge on any atom is 0.310 e. The lowest BCUT2D eigenvalue weighted by atomic mass is 9.97. The molecule has 2 aromatic carbocycles. The van der Waals surface area contributed by atoms with Crippen molar-refractivity contribution >= 4 is 11.7 Å². The number of carbonyl (C=O) groups is 1. The van der Waals surface area contributed by atoms with Gasteiger partial charge in [0.25, 0.3) is 5.69 Å². The van der Waals surface area contributed by atoms with Crippen LogP contribution in [0.25, 0.3) is 11.1 Å². The summed E-state index contributed by atoms with van der Waals surface area (Å²) in [4.78, 5) is 22.3. The number of methoxy groups -OCH3 is 1. The fourth-order valence-corrected chi connectivity index (χ4v) is 2.26. The molecule has 0 aliphatic heterocycles. The molecule has 0 bridgehead atoms. The molecule has 2 rings (SSSR count). The Kier molecular flexibility index (Phi) is 5.30. The molecule has 0 N–H and O–H groups in total. The van der Waals surface area contributed by atoms with E-state index in [1.165, 1.54) is 12.1 Å². The summed E-state index contributed by atoms with van der Waals surface area (Å²) in [6.07, 6.45) is -0.0170. The summed E-state index contributed by atoms with van der Waals surface area (Å²) in [5.41, 5.74) is 2.11. The Morgan fingerprint density at radius 1 is 1.17 bits per heavy atom. The lowest BCUT2D eigenvalue weighted by Crippen LogP contribution is -2.08. The topological polar surface area (TPSA) is 78.7 Å². The van der Waals surface area contributed by atoms with E-state index < -0.39 is 10.9 Å². The number of non-ortho nitro benzene ring substituents is 1. The number of nitro benzene ring substituents is 1. The Bertz CT molecular complexity index is 709. The molecule has 6 heteroatoms. The Morgan fingerprint density at radius 3 is 2.43 bits per heavy atom. The highest BCUT2D eigenvalue weighted by molar-refractivity contribution is 5.79. The molecular weight excluding hydrogens is 298 g/mol. The Labute approximate surface area is 133 Å². The van der Waals surface area contributed by atoms with Crippen LogP contribution in [0.3, 0.4) is 0 Å². The number of nitrogens with zero attached hydrogens (tertiary/aromatic N) is 1. The van der Waals surface area contributed by atoms with Crippen LogP contribution in [0.15, 0.2) is 42.5 Å². The van der Waals surface area contributed by atoms with Gasteiger partial charge in [-0.25, -0.2) is 0 Å². The minimum atomic E-state index is -0.480. The maximum atomic E-state index is 11.8. The largest absolute Gasteiger partial charge is 0.497 e. The van der Waals surface area contributed by atoms with Gasteiger partial charge in [-0.1, -0.05) is 12.1 Å². The van der Waals surface area contributed by atoms with Gasteiger partial charge in [-0.3, -0.25) is 14.9 Å². The molecule has 23 heavy (non-hydrogen) atoms. The van der Waals surface area contributed by atoms with Crippen molar-refractivity contribution < 1.29 is 19.2 Å². The Balaban J connectivity index is 2.43. The van der Waals surface area contributed by atoms with Gasteiger partial charge in [0.05, 0.1) is 25.1 Å². The average molecular weight is 315 g/mol. The van der Waals surface area contributed by atoms with Crippen molar-refractivity contribution in [3.63, 3.8) is 0 Å². The van der Waals surface area contributed by atoms with Crippen molar-refractivity contribution in [2.75, 3.05) is 13.7 Å². The summed E-state index contributed by atoms with van der Waals surface area (Å²) in [7, 11) is 1.58. The molecule has 0 saturated heterocycles. The van der Waals surface area contributed by atoms with E-state index in [1.807, 2.05) is 12.1 Å². The second kappa shape index (κ2) is 7.40. The standard InChI is InChI=1S/C17H17NO5/c1-3-23-17(19)11-13-10-14(18(20)21)6-9-16(13)12-4-7-15(22-2)8-5-12/h4-10H,3,11H2,1-2H3. The van der Waals surface area contributed by atoms with E-state index in [-0.39, 0.29) is 18.7 Å². The van der Waals surface area contributed by atoms with Crippen molar-refractivity contribution in [3.05, 3.63) is 58.1 Å². The average Bonchev–Trinajstić information content (AvgIpc) is 2.55. The van der Waals surface area contributed by atoms with Gasteiger partial charge < -0.3 is 9.47 Å². The number of benzene rings is 2. The van der Waals surface area contributed by atoms with E-state index in [0.29, 0.717) is 11.3 Å². The smallest absolute Gasteiger partial charge is 0.310 e. The number of nitro groups is 1. The van der Waals surface area contributed by atoms with Crippen molar-refractivity contribution in [1.29, 1.82) is 0 Å². The minimum Gasteiger partial charge on any atom is -0.497 e. The fourth-order valence-electron chi connectivity index (χ4n) is 2.26. The zero-order valence-corrected chi connectivity index (χ0v) is 12.9. The van der Waals surface area contributed by atoms with Gasteiger partial charge in [0.2, 0.25) is 0 Å². The van der Waals surface area contributed by atoms with E-state index in [9.17, 15) is 14.9 Å². The van der Waals surface area contributed by atoms with Gasteiger partial charge in [-0.05, 0) is 41.8 Å². The predicted molar refractivity (Wildman–Crippen MR) is 85.4 cm³/mol. The highest BCUT2D eigenvalue weighted by Crippen LogP contribution is 2.29. The van der Waals surface area contributed by atoms with Crippen LogP contribution < -0.4 is 4.74 Å². The first kappa shape index (κ1) is 16.5. The van der Waals surface area contributed by atoms with Crippen molar-refractivity contribution in [2.24, 2.45) is 0 Å². The molecule has 0 amide bonds. The van der Waals surface area contributed by atoms with Crippen LogP contribution in [0.5, 0.6) is 5.75 Å². The van der Waals surface area contributed by atoms with Gasteiger partial charge in [-0.2, -0.15) is 0 Å². The van der Waals surface area contributed by atoms with Crippen LogP contribution in [-0.4, -0.2) is 24.6 Å². The first-order valence-corrected chi connectivity index (χ1v) is 7.12. The zero-order chi connectivity index (χ0) is 16.8. The monoisotopic (exact) mass is 315 g/mol. The Hall–Kier alpha value is -2.89. The first-order valence-electron chi connectivity index (χ1n) is 7.12. The van der Waals surface area contributed by atoms with Crippen LogP contribution in [0.4, 0.5) is 5.69 Å². The van der Waals surface area contributed by atoms with Crippen molar-refractivity contribution in [1.82, 2.24) is 0 Å². The number of hydrogen-bond acceptors (Lipinski definition) is 5. The number of carbonyl (C=O) groups excluding carboxylic acids is 1.